The van der Waals surface area contributed by atoms with Crippen LogP contribution in [0.4, 0.5) is 0 Å². The molecule has 3 heterocycles. The molecule has 1 amide bonds. The average molecular weight is 364 g/mol. The van der Waals surface area contributed by atoms with E-state index in [1.165, 1.54) is 0 Å². The lowest BCUT2D eigenvalue weighted by atomic mass is 9.94. The average Bonchev–Trinajstić information content (AvgIpc) is 3.17. The highest BCUT2D eigenvalue weighted by molar-refractivity contribution is 5.82. The van der Waals surface area contributed by atoms with Crippen molar-refractivity contribution < 1.29 is 9.90 Å². The smallest absolute Gasteiger partial charge is 0.244 e. The van der Waals surface area contributed by atoms with Crippen LogP contribution in [0, 0.1) is 19.8 Å². The van der Waals surface area contributed by atoms with Crippen molar-refractivity contribution in [1.82, 2.24) is 19.7 Å². The fraction of sp³-hybridized carbons (Fsp3) is 0.381. The van der Waals surface area contributed by atoms with E-state index in [1.807, 2.05) is 50.4 Å². The number of carbonyl (C=O) groups is 1. The molecule has 0 spiro atoms. The molecule has 4 rings (SSSR count). The number of hydrogen-bond acceptors (Lipinski definition) is 4. The van der Waals surface area contributed by atoms with E-state index in [2.05, 4.69) is 16.1 Å². The Bertz CT molecular complexity index is 976. The zero-order valence-corrected chi connectivity index (χ0v) is 15.7. The topological polar surface area (TPSA) is 71.2 Å². The van der Waals surface area contributed by atoms with Crippen LogP contribution < -0.4 is 0 Å². The molecular weight excluding hydrogens is 340 g/mol. The van der Waals surface area contributed by atoms with Crippen molar-refractivity contribution in [2.24, 2.45) is 5.92 Å². The van der Waals surface area contributed by atoms with Gasteiger partial charge in [0.05, 0.1) is 17.3 Å². The second-order valence-electron chi connectivity index (χ2n) is 7.40. The number of pyridine rings is 1. The predicted octanol–water partition coefficient (Wildman–Crippen LogP) is 2.11. The first-order chi connectivity index (χ1) is 13.0. The zero-order chi connectivity index (χ0) is 19.0. The van der Waals surface area contributed by atoms with Gasteiger partial charge in [0, 0.05) is 36.3 Å². The van der Waals surface area contributed by atoms with Crippen LogP contribution in [0.5, 0.6) is 0 Å². The third-order valence-electron chi connectivity index (χ3n) is 5.37. The summed E-state index contributed by atoms with van der Waals surface area (Å²) in [6.45, 7) is 5.03. The van der Waals surface area contributed by atoms with Gasteiger partial charge in [-0.1, -0.05) is 18.2 Å². The number of fused-ring (bicyclic) bond motifs is 1. The van der Waals surface area contributed by atoms with Crippen LogP contribution >= 0.6 is 0 Å². The van der Waals surface area contributed by atoms with Crippen molar-refractivity contribution in [3.05, 3.63) is 59.5 Å². The predicted molar refractivity (Wildman–Crippen MR) is 103 cm³/mol. The fourth-order valence-electron chi connectivity index (χ4n) is 3.94. The SMILES string of the molecule is Cc1cc(C)n(CC(=O)N2C[C@@H](Cc3ccnc4ccccc34)[C@@H](O)C2)n1. The molecule has 2 aromatic heterocycles. The molecule has 0 radical (unpaired) electrons. The number of aromatic nitrogens is 3. The Morgan fingerprint density at radius 3 is 2.81 bits per heavy atom. The summed E-state index contributed by atoms with van der Waals surface area (Å²) in [7, 11) is 0. The van der Waals surface area contributed by atoms with Crippen molar-refractivity contribution in [3.8, 4) is 0 Å². The summed E-state index contributed by atoms with van der Waals surface area (Å²) in [6, 6.07) is 12.0. The lowest BCUT2D eigenvalue weighted by Crippen LogP contribution is -2.33. The molecule has 6 heteroatoms. The van der Waals surface area contributed by atoms with Crippen LogP contribution in [0.15, 0.2) is 42.6 Å². The van der Waals surface area contributed by atoms with Crippen LogP contribution in [0.3, 0.4) is 0 Å². The van der Waals surface area contributed by atoms with E-state index in [9.17, 15) is 9.90 Å². The number of para-hydroxylation sites is 1. The summed E-state index contributed by atoms with van der Waals surface area (Å²) >= 11 is 0. The number of likely N-dealkylation sites (tertiary alicyclic amines) is 1. The van der Waals surface area contributed by atoms with Gasteiger partial charge in [-0.05, 0) is 44.0 Å². The van der Waals surface area contributed by atoms with Crippen molar-refractivity contribution in [2.75, 3.05) is 13.1 Å². The molecule has 1 aliphatic heterocycles. The zero-order valence-electron chi connectivity index (χ0n) is 15.7. The van der Waals surface area contributed by atoms with Gasteiger partial charge in [0.15, 0.2) is 0 Å². The van der Waals surface area contributed by atoms with Crippen molar-refractivity contribution in [3.63, 3.8) is 0 Å². The third-order valence-corrected chi connectivity index (χ3v) is 5.37. The van der Waals surface area contributed by atoms with E-state index in [4.69, 9.17) is 0 Å². The maximum absolute atomic E-state index is 12.7. The lowest BCUT2D eigenvalue weighted by Gasteiger charge is -2.17. The second kappa shape index (κ2) is 7.12. The number of benzene rings is 1. The van der Waals surface area contributed by atoms with E-state index >= 15 is 0 Å². The minimum Gasteiger partial charge on any atom is -0.391 e. The van der Waals surface area contributed by atoms with Gasteiger partial charge >= 0.3 is 0 Å². The van der Waals surface area contributed by atoms with Gasteiger partial charge in [0.1, 0.15) is 6.54 Å². The molecule has 0 unspecified atom stereocenters. The molecule has 0 saturated carbocycles. The number of nitrogens with zero attached hydrogens (tertiary/aromatic N) is 4. The van der Waals surface area contributed by atoms with Gasteiger partial charge in [0.25, 0.3) is 0 Å². The number of amides is 1. The Hall–Kier alpha value is -2.73. The van der Waals surface area contributed by atoms with Crippen LogP contribution in [0.25, 0.3) is 10.9 Å². The molecule has 6 nitrogen and oxygen atoms in total. The first kappa shape index (κ1) is 17.7. The number of aliphatic hydroxyl groups excluding tert-OH is 1. The maximum atomic E-state index is 12.7. The third kappa shape index (κ3) is 3.57. The Kier molecular flexibility index (Phi) is 4.66. The van der Waals surface area contributed by atoms with Gasteiger partial charge in [0.2, 0.25) is 5.91 Å². The molecule has 1 aliphatic rings. The standard InChI is InChI=1S/C21H24N4O2/c1-14-9-15(2)25(23-14)13-21(27)24-11-17(20(26)12-24)10-16-7-8-22-19-6-4-3-5-18(16)19/h3-9,17,20,26H,10-13H2,1-2H3/t17-,20+/m1/s1. The summed E-state index contributed by atoms with van der Waals surface area (Å²) in [5.74, 6) is 0.0301. The van der Waals surface area contributed by atoms with Gasteiger partial charge in [-0.15, -0.1) is 0 Å². The van der Waals surface area contributed by atoms with Gasteiger partial charge < -0.3 is 10.0 Å². The number of carbonyl (C=O) groups excluding carboxylic acids is 1. The highest BCUT2D eigenvalue weighted by Crippen LogP contribution is 2.25. The Morgan fingerprint density at radius 2 is 2.04 bits per heavy atom. The van der Waals surface area contributed by atoms with Crippen LogP contribution in [0.2, 0.25) is 0 Å². The highest BCUT2D eigenvalue weighted by atomic mass is 16.3. The monoisotopic (exact) mass is 364 g/mol. The van der Waals surface area contributed by atoms with E-state index in [1.54, 1.807) is 9.58 Å². The Balaban J connectivity index is 1.46. The molecular formula is C21H24N4O2. The Labute approximate surface area is 158 Å². The van der Waals surface area contributed by atoms with Crippen LogP contribution in [0.1, 0.15) is 17.0 Å². The minimum absolute atomic E-state index is 0.00216. The molecule has 27 heavy (non-hydrogen) atoms. The van der Waals surface area contributed by atoms with Crippen LogP contribution in [-0.4, -0.2) is 49.9 Å². The van der Waals surface area contributed by atoms with Gasteiger partial charge in [-0.25, -0.2) is 0 Å². The number of β-amino-alcohol motifs (C(OH)–C–C–N with tert-alkyl or cyclic N) is 1. The number of rotatable bonds is 4. The summed E-state index contributed by atoms with van der Waals surface area (Å²) in [5, 5.41) is 16.0. The van der Waals surface area contributed by atoms with Crippen molar-refractivity contribution in [1.29, 1.82) is 0 Å². The first-order valence-corrected chi connectivity index (χ1v) is 9.31. The lowest BCUT2D eigenvalue weighted by molar-refractivity contribution is -0.131. The van der Waals surface area contributed by atoms with E-state index in [0.29, 0.717) is 13.1 Å². The summed E-state index contributed by atoms with van der Waals surface area (Å²) in [6.07, 6.45) is 2.03. The molecule has 3 aromatic rings. The summed E-state index contributed by atoms with van der Waals surface area (Å²) < 4.78 is 1.73. The molecule has 1 N–H and O–H groups in total. The van der Waals surface area contributed by atoms with Crippen LogP contribution in [-0.2, 0) is 17.8 Å². The molecule has 1 saturated heterocycles. The van der Waals surface area contributed by atoms with Gasteiger partial charge in [-0.3, -0.25) is 14.5 Å². The van der Waals surface area contributed by atoms with E-state index in [0.717, 1.165) is 34.3 Å². The Morgan fingerprint density at radius 1 is 1.22 bits per heavy atom. The van der Waals surface area contributed by atoms with Gasteiger partial charge in [-0.2, -0.15) is 5.10 Å². The van der Waals surface area contributed by atoms with E-state index < -0.39 is 6.10 Å². The number of aryl methyl sites for hydroxylation is 2. The summed E-state index contributed by atoms with van der Waals surface area (Å²) in [5.41, 5.74) is 4.00. The quantitative estimate of drug-likeness (QED) is 0.770. The molecule has 1 aromatic carbocycles. The number of aliphatic hydroxyl groups is 1. The number of hydrogen-bond donors (Lipinski definition) is 1. The largest absolute Gasteiger partial charge is 0.391 e. The second-order valence-corrected chi connectivity index (χ2v) is 7.40. The summed E-state index contributed by atoms with van der Waals surface area (Å²) in [4.78, 5) is 18.8. The molecule has 0 aliphatic carbocycles. The minimum atomic E-state index is -0.513. The van der Waals surface area contributed by atoms with Crippen molar-refractivity contribution in [2.45, 2.75) is 32.9 Å². The molecule has 0 bridgehead atoms. The molecule has 2 atom stereocenters. The molecule has 140 valence electrons. The molecule has 1 fully saturated rings. The maximum Gasteiger partial charge on any atom is 0.244 e. The first-order valence-electron chi connectivity index (χ1n) is 9.31. The van der Waals surface area contributed by atoms with E-state index in [-0.39, 0.29) is 18.4 Å². The highest BCUT2D eigenvalue weighted by Gasteiger charge is 2.34. The van der Waals surface area contributed by atoms with Crippen molar-refractivity contribution >= 4 is 16.8 Å². The normalized spacial score (nSPS) is 19.7. The fourth-order valence-corrected chi connectivity index (χ4v) is 3.94.